The summed E-state index contributed by atoms with van der Waals surface area (Å²) in [7, 11) is 0. The Labute approximate surface area is 125 Å². The minimum atomic E-state index is -0.355. The molecule has 20 heavy (non-hydrogen) atoms. The summed E-state index contributed by atoms with van der Waals surface area (Å²) in [5, 5.41) is 12.7. The van der Waals surface area contributed by atoms with Gasteiger partial charge < -0.3 is 4.74 Å². The Morgan fingerprint density at radius 2 is 2.00 bits per heavy atom. The van der Waals surface area contributed by atoms with Gasteiger partial charge in [-0.25, -0.2) is 0 Å². The molecule has 4 unspecified atom stereocenters. The molecule has 1 N–H and O–H groups in total. The van der Waals surface area contributed by atoms with Crippen molar-refractivity contribution in [3.63, 3.8) is 0 Å². The van der Waals surface area contributed by atoms with E-state index >= 15 is 0 Å². The highest BCUT2D eigenvalue weighted by molar-refractivity contribution is 5.05. The molecule has 0 spiro atoms. The summed E-state index contributed by atoms with van der Waals surface area (Å²) in [5.74, 6) is 1.62. The second-order valence-corrected chi connectivity index (χ2v) is 6.44. The van der Waals surface area contributed by atoms with Crippen molar-refractivity contribution in [2.24, 2.45) is 11.8 Å². The van der Waals surface area contributed by atoms with Crippen LogP contribution in [0.25, 0.3) is 0 Å². The van der Waals surface area contributed by atoms with Crippen LogP contribution in [0, 0.1) is 23.2 Å². The third kappa shape index (κ3) is 5.07. The van der Waals surface area contributed by atoms with Crippen molar-refractivity contribution in [2.45, 2.75) is 77.9 Å². The molecule has 0 aliphatic heterocycles. The fraction of sp³-hybridized carbons (Fsp3) is 0.941. The minimum Gasteiger partial charge on any atom is -0.378 e. The highest BCUT2D eigenvalue weighted by Gasteiger charge is 2.27. The van der Waals surface area contributed by atoms with Gasteiger partial charge in [0.1, 0.15) is 5.54 Å². The van der Waals surface area contributed by atoms with Gasteiger partial charge in [0.05, 0.1) is 12.2 Å². The van der Waals surface area contributed by atoms with Gasteiger partial charge in [0.25, 0.3) is 0 Å². The highest BCUT2D eigenvalue weighted by Crippen LogP contribution is 2.31. The minimum absolute atomic E-state index is 0.355. The van der Waals surface area contributed by atoms with Crippen LogP contribution in [-0.4, -0.2) is 24.8 Å². The molecule has 3 heteroatoms. The van der Waals surface area contributed by atoms with E-state index < -0.39 is 0 Å². The summed E-state index contributed by atoms with van der Waals surface area (Å²) in [6.45, 7) is 10.5. The van der Waals surface area contributed by atoms with Crippen molar-refractivity contribution in [1.29, 1.82) is 5.26 Å². The smallest absolute Gasteiger partial charge is 0.106 e. The lowest BCUT2D eigenvalue weighted by molar-refractivity contribution is -0.000316. The van der Waals surface area contributed by atoms with Crippen LogP contribution in [0.3, 0.4) is 0 Å². The van der Waals surface area contributed by atoms with E-state index in [9.17, 15) is 5.26 Å². The van der Waals surface area contributed by atoms with Gasteiger partial charge in [0.2, 0.25) is 0 Å². The average Bonchev–Trinajstić information content (AvgIpc) is 2.46. The van der Waals surface area contributed by atoms with Crippen molar-refractivity contribution in [2.75, 3.05) is 13.2 Å². The molecule has 0 aromatic heterocycles. The van der Waals surface area contributed by atoms with Crippen molar-refractivity contribution >= 4 is 0 Å². The largest absolute Gasteiger partial charge is 0.378 e. The van der Waals surface area contributed by atoms with Gasteiger partial charge in [-0.1, -0.05) is 27.7 Å². The van der Waals surface area contributed by atoms with Gasteiger partial charge >= 0.3 is 0 Å². The Balaban J connectivity index is 2.25. The maximum atomic E-state index is 9.37. The van der Waals surface area contributed by atoms with E-state index in [1.807, 2.05) is 0 Å². The number of rotatable bonds is 8. The first-order valence-electron chi connectivity index (χ1n) is 8.34. The zero-order chi connectivity index (χ0) is 15.0. The van der Waals surface area contributed by atoms with E-state index in [0.29, 0.717) is 6.10 Å². The molecule has 116 valence electrons. The average molecular weight is 280 g/mol. The zero-order valence-corrected chi connectivity index (χ0v) is 13.7. The number of hydrogen-bond acceptors (Lipinski definition) is 3. The number of ether oxygens (including phenoxy) is 1. The lowest BCUT2D eigenvalue weighted by Gasteiger charge is -2.32. The van der Waals surface area contributed by atoms with Crippen LogP contribution in [0.1, 0.15) is 66.2 Å². The van der Waals surface area contributed by atoms with Gasteiger partial charge in [-0.3, -0.25) is 5.32 Å². The third-order valence-electron chi connectivity index (χ3n) is 4.98. The Hall–Kier alpha value is -0.590. The van der Waals surface area contributed by atoms with E-state index in [1.54, 1.807) is 0 Å². The predicted octanol–water partition coefficient (Wildman–Crippen LogP) is 3.89. The molecular weight excluding hydrogens is 248 g/mol. The van der Waals surface area contributed by atoms with Crippen LogP contribution in [0.15, 0.2) is 0 Å². The van der Waals surface area contributed by atoms with E-state index in [-0.39, 0.29) is 5.54 Å². The summed E-state index contributed by atoms with van der Waals surface area (Å²) in [4.78, 5) is 0. The lowest BCUT2D eigenvalue weighted by atomic mass is 9.80. The number of nitrogens with zero attached hydrogens (tertiary/aromatic N) is 1. The van der Waals surface area contributed by atoms with Crippen LogP contribution in [-0.2, 0) is 4.74 Å². The van der Waals surface area contributed by atoms with E-state index in [4.69, 9.17) is 4.74 Å². The van der Waals surface area contributed by atoms with Crippen molar-refractivity contribution in [3.05, 3.63) is 0 Å². The number of hydrogen-bond donors (Lipinski definition) is 1. The second kappa shape index (κ2) is 8.64. The first-order chi connectivity index (χ1) is 9.56. The molecule has 0 aromatic rings. The first kappa shape index (κ1) is 17.5. The van der Waals surface area contributed by atoms with Crippen LogP contribution >= 0.6 is 0 Å². The Morgan fingerprint density at radius 1 is 1.25 bits per heavy atom. The summed E-state index contributed by atoms with van der Waals surface area (Å²) in [5.41, 5.74) is -0.355. The molecule has 4 atom stereocenters. The molecule has 0 radical (unpaired) electrons. The Morgan fingerprint density at radius 3 is 2.55 bits per heavy atom. The molecule has 3 nitrogen and oxygen atoms in total. The second-order valence-electron chi connectivity index (χ2n) is 6.44. The number of nitriles is 1. The maximum Gasteiger partial charge on any atom is 0.106 e. The van der Waals surface area contributed by atoms with Gasteiger partial charge in [0, 0.05) is 6.61 Å². The zero-order valence-electron chi connectivity index (χ0n) is 13.7. The Bertz CT molecular complexity index is 313. The first-order valence-corrected chi connectivity index (χ1v) is 8.34. The van der Waals surface area contributed by atoms with Crippen molar-refractivity contribution in [3.8, 4) is 6.07 Å². The van der Waals surface area contributed by atoms with Crippen LogP contribution < -0.4 is 5.32 Å². The monoisotopic (exact) mass is 280 g/mol. The van der Waals surface area contributed by atoms with E-state index in [1.165, 1.54) is 19.3 Å². The molecule has 0 bridgehead atoms. The predicted molar refractivity (Wildman–Crippen MR) is 83.5 cm³/mol. The van der Waals surface area contributed by atoms with Crippen molar-refractivity contribution in [1.82, 2.24) is 5.32 Å². The summed E-state index contributed by atoms with van der Waals surface area (Å²) >= 11 is 0. The SMILES string of the molecule is CCNC(C#N)(CC)CCCOC1CCC(C)C(C)C1. The maximum absolute atomic E-state index is 9.37. The van der Waals surface area contributed by atoms with Gasteiger partial charge in [-0.05, 0) is 56.9 Å². The molecule has 1 saturated carbocycles. The van der Waals surface area contributed by atoms with E-state index in [0.717, 1.165) is 44.2 Å². The molecule has 1 aliphatic rings. The normalized spacial score (nSPS) is 29.6. The van der Waals surface area contributed by atoms with Gasteiger partial charge in [-0.2, -0.15) is 5.26 Å². The summed E-state index contributed by atoms with van der Waals surface area (Å²) < 4.78 is 6.03. The molecular formula is C17H32N2O. The summed E-state index contributed by atoms with van der Waals surface area (Å²) in [6, 6.07) is 2.45. The molecule has 0 amide bonds. The molecule has 1 aliphatic carbocycles. The topological polar surface area (TPSA) is 45.0 Å². The van der Waals surface area contributed by atoms with Gasteiger partial charge in [-0.15, -0.1) is 0 Å². The lowest BCUT2D eigenvalue weighted by Crippen LogP contribution is -2.43. The summed E-state index contributed by atoms with van der Waals surface area (Å²) in [6.07, 6.45) is 6.84. The Kier molecular flexibility index (Phi) is 7.55. The van der Waals surface area contributed by atoms with E-state index in [2.05, 4.69) is 39.1 Å². The number of nitrogens with one attached hydrogen (secondary N) is 1. The molecule has 0 aromatic carbocycles. The standard InChI is InChI=1S/C17H32N2O/c1-5-17(13-18,19-6-2)10-7-11-20-16-9-8-14(3)15(4)12-16/h14-16,19H,5-12H2,1-4H3. The molecule has 0 heterocycles. The molecule has 1 rings (SSSR count). The molecule has 1 fully saturated rings. The highest BCUT2D eigenvalue weighted by atomic mass is 16.5. The fourth-order valence-corrected chi connectivity index (χ4v) is 3.18. The third-order valence-corrected chi connectivity index (χ3v) is 4.98. The fourth-order valence-electron chi connectivity index (χ4n) is 3.18. The van der Waals surface area contributed by atoms with Crippen molar-refractivity contribution < 1.29 is 4.74 Å². The van der Waals surface area contributed by atoms with Gasteiger partial charge in [0.15, 0.2) is 0 Å². The van der Waals surface area contributed by atoms with Crippen LogP contribution in [0.2, 0.25) is 0 Å². The molecule has 0 saturated heterocycles. The quantitative estimate of drug-likeness (QED) is 0.686. The van der Waals surface area contributed by atoms with Crippen LogP contribution in [0.4, 0.5) is 0 Å². The van der Waals surface area contributed by atoms with Crippen LogP contribution in [0.5, 0.6) is 0 Å².